The molecule has 6 nitrogen and oxygen atoms in total. The van der Waals surface area contributed by atoms with Gasteiger partial charge in [0.25, 0.3) is 0 Å². The molecule has 0 saturated carbocycles. The molecule has 0 aliphatic heterocycles. The molecule has 27 heavy (non-hydrogen) atoms. The number of hydrogen-bond donors (Lipinski definition) is 2. The number of fused-ring (bicyclic) bond motifs is 1. The van der Waals surface area contributed by atoms with Crippen molar-refractivity contribution in [2.45, 2.75) is 32.7 Å². The van der Waals surface area contributed by atoms with E-state index in [0.29, 0.717) is 12.5 Å². The Kier molecular flexibility index (Phi) is 8.50. The van der Waals surface area contributed by atoms with Crippen molar-refractivity contribution in [3.8, 4) is 0 Å². The average Bonchev–Trinajstić information content (AvgIpc) is 3.10. The molecule has 0 saturated heterocycles. The lowest BCUT2D eigenvalue weighted by atomic mass is 9.98. The molecular formula is C20H27IN6. The molecule has 0 aliphatic rings. The fourth-order valence-electron chi connectivity index (χ4n) is 2.85. The Morgan fingerprint density at radius 2 is 1.85 bits per heavy atom. The van der Waals surface area contributed by atoms with Gasteiger partial charge in [-0.2, -0.15) is 0 Å². The van der Waals surface area contributed by atoms with E-state index in [1.807, 2.05) is 28.8 Å². The maximum absolute atomic E-state index is 4.65. The molecule has 2 heterocycles. The van der Waals surface area contributed by atoms with Crippen LogP contribution in [0.3, 0.4) is 0 Å². The summed E-state index contributed by atoms with van der Waals surface area (Å²) in [5, 5.41) is 15.1. The van der Waals surface area contributed by atoms with Gasteiger partial charge in [0.15, 0.2) is 17.4 Å². The lowest BCUT2D eigenvalue weighted by Gasteiger charge is -2.15. The Balaban J connectivity index is 0.00000261. The van der Waals surface area contributed by atoms with Crippen LogP contribution in [-0.2, 0) is 6.54 Å². The van der Waals surface area contributed by atoms with Crippen molar-refractivity contribution < 1.29 is 0 Å². The summed E-state index contributed by atoms with van der Waals surface area (Å²) in [5.41, 5.74) is 2.21. The minimum Gasteiger partial charge on any atom is -0.357 e. The summed E-state index contributed by atoms with van der Waals surface area (Å²) in [7, 11) is 0. The number of aliphatic imine (C=N–C) groups is 1. The average molecular weight is 478 g/mol. The second-order valence-corrected chi connectivity index (χ2v) is 6.27. The first kappa shape index (κ1) is 21.1. The van der Waals surface area contributed by atoms with Crippen molar-refractivity contribution in [2.24, 2.45) is 4.99 Å². The maximum atomic E-state index is 4.65. The molecule has 0 fully saturated rings. The standard InChI is InChI=1S/C20H26N6.HI/c1-3-21-20(22-13-12-16(2)17-9-5-4-6-10-17)23-15-19-25-24-18-11-7-8-14-26(18)19;/h4-11,14,16H,3,12-13,15H2,1-2H3,(H2,21,22,23);1H. The van der Waals surface area contributed by atoms with Crippen LogP contribution in [0.1, 0.15) is 37.6 Å². The molecule has 1 aromatic carbocycles. The van der Waals surface area contributed by atoms with Crippen LogP contribution < -0.4 is 10.6 Å². The second kappa shape index (κ2) is 10.9. The molecule has 1 atom stereocenters. The van der Waals surface area contributed by atoms with Gasteiger partial charge in [-0.05, 0) is 37.0 Å². The minimum atomic E-state index is 0. The highest BCUT2D eigenvalue weighted by Crippen LogP contribution is 2.17. The fourth-order valence-corrected chi connectivity index (χ4v) is 2.85. The van der Waals surface area contributed by atoms with E-state index in [4.69, 9.17) is 0 Å². The van der Waals surface area contributed by atoms with E-state index < -0.39 is 0 Å². The van der Waals surface area contributed by atoms with E-state index in [0.717, 1.165) is 36.9 Å². The predicted octanol–water partition coefficient (Wildman–Crippen LogP) is 3.60. The maximum Gasteiger partial charge on any atom is 0.191 e. The Morgan fingerprint density at radius 3 is 2.63 bits per heavy atom. The molecule has 3 aromatic rings. The summed E-state index contributed by atoms with van der Waals surface area (Å²) in [5.74, 6) is 2.14. The molecule has 0 radical (unpaired) electrons. The van der Waals surface area contributed by atoms with Crippen LogP contribution in [-0.4, -0.2) is 33.6 Å². The Hall–Kier alpha value is -2.16. The summed E-state index contributed by atoms with van der Waals surface area (Å²) < 4.78 is 1.96. The Bertz CT molecular complexity index is 846. The third-order valence-electron chi connectivity index (χ3n) is 4.35. The van der Waals surface area contributed by atoms with Crippen LogP contribution in [0.2, 0.25) is 0 Å². The zero-order chi connectivity index (χ0) is 18.2. The molecule has 0 amide bonds. The van der Waals surface area contributed by atoms with Gasteiger partial charge in [-0.15, -0.1) is 34.2 Å². The number of guanidine groups is 1. The number of halogens is 1. The molecule has 2 aromatic heterocycles. The van der Waals surface area contributed by atoms with Gasteiger partial charge in [-0.25, -0.2) is 4.99 Å². The highest BCUT2D eigenvalue weighted by molar-refractivity contribution is 14.0. The van der Waals surface area contributed by atoms with E-state index in [1.54, 1.807) is 0 Å². The molecule has 7 heteroatoms. The lowest BCUT2D eigenvalue weighted by molar-refractivity contribution is 0.651. The largest absolute Gasteiger partial charge is 0.357 e. The van der Waals surface area contributed by atoms with Crippen LogP contribution in [0.15, 0.2) is 59.7 Å². The molecule has 3 rings (SSSR count). The second-order valence-electron chi connectivity index (χ2n) is 6.27. The summed E-state index contributed by atoms with van der Waals surface area (Å²) in [4.78, 5) is 4.65. The van der Waals surface area contributed by atoms with Crippen LogP contribution in [0, 0.1) is 0 Å². The van der Waals surface area contributed by atoms with Crippen molar-refractivity contribution in [2.75, 3.05) is 13.1 Å². The van der Waals surface area contributed by atoms with Gasteiger partial charge < -0.3 is 10.6 Å². The van der Waals surface area contributed by atoms with Crippen molar-refractivity contribution in [1.29, 1.82) is 0 Å². The summed E-state index contributed by atoms with van der Waals surface area (Å²) in [6, 6.07) is 16.5. The van der Waals surface area contributed by atoms with Crippen molar-refractivity contribution in [3.63, 3.8) is 0 Å². The number of hydrogen-bond acceptors (Lipinski definition) is 3. The van der Waals surface area contributed by atoms with Crippen LogP contribution in [0.5, 0.6) is 0 Å². The van der Waals surface area contributed by atoms with Crippen molar-refractivity contribution in [3.05, 3.63) is 66.1 Å². The monoisotopic (exact) mass is 478 g/mol. The van der Waals surface area contributed by atoms with Crippen molar-refractivity contribution >= 4 is 35.6 Å². The van der Waals surface area contributed by atoms with Gasteiger partial charge >= 0.3 is 0 Å². The van der Waals surface area contributed by atoms with Crippen LogP contribution in [0.25, 0.3) is 5.65 Å². The third kappa shape index (κ3) is 5.92. The lowest BCUT2D eigenvalue weighted by Crippen LogP contribution is -2.38. The van der Waals surface area contributed by atoms with E-state index in [9.17, 15) is 0 Å². The highest BCUT2D eigenvalue weighted by Gasteiger charge is 2.07. The van der Waals surface area contributed by atoms with E-state index in [2.05, 4.69) is 70.0 Å². The van der Waals surface area contributed by atoms with E-state index >= 15 is 0 Å². The van der Waals surface area contributed by atoms with Crippen molar-refractivity contribution in [1.82, 2.24) is 25.2 Å². The zero-order valence-electron chi connectivity index (χ0n) is 15.8. The topological polar surface area (TPSA) is 66.6 Å². The molecule has 144 valence electrons. The number of rotatable bonds is 7. The first-order chi connectivity index (χ1) is 12.8. The normalized spacial score (nSPS) is 12.4. The fraction of sp³-hybridized carbons (Fsp3) is 0.350. The van der Waals surface area contributed by atoms with Gasteiger partial charge in [-0.1, -0.05) is 43.3 Å². The van der Waals surface area contributed by atoms with E-state index in [1.165, 1.54) is 5.56 Å². The first-order valence-corrected chi connectivity index (χ1v) is 9.13. The molecule has 0 aliphatic carbocycles. The van der Waals surface area contributed by atoms with Gasteiger partial charge in [-0.3, -0.25) is 4.40 Å². The quantitative estimate of drug-likeness (QED) is 0.310. The number of pyridine rings is 1. The molecule has 1 unspecified atom stereocenters. The van der Waals surface area contributed by atoms with Gasteiger partial charge in [0, 0.05) is 19.3 Å². The summed E-state index contributed by atoms with van der Waals surface area (Å²) in [6.45, 7) is 6.48. The summed E-state index contributed by atoms with van der Waals surface area (Å²) >= 11 is 0. The van der Waals surface area contributed by atoms with Gasteiger partial charge in [0.2, 0.25) is 0 Å². The van der Waals surface area contributed by atoms with Gasteiger partial charge in [0.05, 0.1) is 0 Å². The number of benzene rings is 1. The third-order valence-corrected chi connectivity index (χ3v) is 4.35. The molecular weight excluding hydrogens is 451 g/mol. The minimum absolute atomic E-state index is 0. The van der Waals surface area contributed by atoms with Gasteiger partial charge in [0.1, 0.15) is 6.54 Å². The highest BCUT2D eigenvalue weighted by atomic mass is 127. The molecule has 2 N–H and O–H groups in total. The predicted molar refractivity (Wildman–Crippen MR) is 121 cm³/mol. The number of nitrogens with one attached hydrogen (secondary N) is 2. The van der Waals surface area contributed by atoms with E-state index in [-0.39, 0.29) is 24.0 Å². The Labute approximate surface area is 177 Å². The van der Waals surface area contributed by atoms with Crippen LogP contribution >= 0.6 is 24.0 Å². The summed E-state index contributed by atoms with van der Waals surface area (Å²) in [6.07, 6.45) is 3.00. The SMILES string of the molecule is CCNC(=NCc1nnc2ccccn12)NCCC(C)c1ccccc1.I. The first-order valence-electron chi connectivity index (χ1n) is 9.13. The number of nitrogens with zero attached hydrogens (tertiary/aromatic N) is 4. The molecule has 0 bridgehead atoms. The number of aromatic nitrogens is 3. The van der Waals surface area contributed by atoms with Crippen LogP contribution in [0.4, 0.5) is 0 Å². The molecule has 0 spiro atoms. The zero-order valence-corrected chi connectivity index (χ0v) is 18.1. The Morgan fingerprint density at radius 1 is 1.07 bits per heavy atom. The smallest absolute Gasteiger partial charge is 0.191 e.